The van der Waals surface area contributed by atoms with Crippen molar-refractivity contribution in [3.05, 3.63) is 68.8 Å². The van der Waals surface area contributed by atoms with Gasteiger partial charge in [0.25, 0.3) is 0 Å². The van der Waals surface area contributed by atoms with E-state index in [1.165, 1.54) is 21.2 Å². The summed E-state index contributed by atoms with van der Waals surface area (Å²) in [4.78, 5) is 1.31. The van der Waals surface area contributed by atoms with Gasteiger partial charge < -0.3 is 0 Å². The quantitative estimate of drug-likeness (QED) is 0.542. The first-order valence-corrected chi connectivity index (χ1v) is 8.12. The lowest BCUT2D eigenvalue weighted by Crippen LogP contribution is -2.29. The molecule has 1 unspecified atom stereocenters. The van der Waals surface area contributed by atoms with Gasteiger partial charge in [-0.05, 0) is 49.8 Å². The van der Waals surface area contributed by atoms with Crippen LogP contribution in [0.5, 0.6) is 0 Å². The second-order valence-electron chi connectivity index (χ2n) is 4.72. The number of benzene rings is 2. The summed E-state index contributed by atoms with van der Waals surface area (Å²) in [6.07, 6.45) is 0.882. The van der Waals surface area contributed by atoms with Crippen LogP contribution in [0.3, 0.4) is 0 Å². The number of fused-ring (bicyclic) bond motifs is 1. The van der Waals surface area contributed by atoms with Gasteiger partial charge in [0.15, 0.2) is 0 Å². The molecule has 0 bridgehead atoms. The smallest absolute Gasteiger partial charge is 0.0508 e. The molecule has 1 heterocycles. The molecule has 4 heteroatoms. The van der Waals surface area contributed by atoms with Gasteiger partial charge >= 0.3 is 0 Å². The molecule has 0 amide bonds. The van der Waals surface area contributed by atoms with Gasteiger partial charge in [-0.2, -0.15) is 0 Å². The van der Waals surface area contributed by atoms with Crippen molar-refractivity contribution in [2.75, 3.05) is 0 Å². The van der Waals surface area contributed by atoms with Crippen molar-refractivity contribution in [2.45, 2.75) is 12.5 Å². The highest BCUT2D eigenvalue weighted by Gasteiger charge is 2.13. The van der Waals surface area contributed by atoms with E-state index in [4.69, 9.17) is 5.84 Å². The van der Waals surface area contributed by atoms with Gasteiger partial charge in [-0.3, -0.25) is 11.3 Å². The van der Waals surface area contributed by atoms with E-state index in [1.54, 1.807) is 11.3 Å². The molecular weight excluding hydrogens is 332 g/mol. The Kier molecular flexibility index (Phi) is 4.17. The average Bonchev–Trinajstić information content (AvgIpc) is 2.89. The van der Waals surface area contributed by atoms with E-state index in [0.29, 0.717) is 0 Å². The first-order valence-electron chi connectivity index (χ1n) is 6.44. The van der Waals surface area contributed by atoms with Gasteiger partial charge in [0.1, 0.15) is 0 Å². The van der Waals surface area contributed by atoms with Crippen molar-refractivity contribution in [1.82, 2.24) is 5.43 Å². The molecule has 0 aliphatic rings. The summed E-state index contributed by atoms with van der Waals surface area (Å²) < 4.78 is 1.16. The molecule has 3 rings (SSSR count). The average molecular weight is 347 g/mol. The number of hydrogen-bond acceptors (Lipinski definition) is 3. The van der Waals surface area contributed by atoms with Crippen LogP contribution in [0.1, 0.15) is 16.5 Å². The number of nitrogens with one attached hydrogen (secondary N) is 1. The second-order valence-corrected chi connectivity index (χ2v) is 6.58. The third kappa shape index (κ3) is 2.79. The summed E-state index contributed by atoms with van der Waals surface area (Å²) >= 11 is 5.33. The molecule has 20 heavy (non-hydrogen) atoms. The molecule has 0 saturated carbocycles. The van der Waals surface area contributed by atoms with E-state index < -0.39 is 0 Å². The van der Waals surface area contributed by atoms with Gasteiger partial charge in [0.2, 0.25) is 0 Å². The molecule has 102 valence electrons. The minimum atomic E-state index is 0.120. The summed E-state index contributed by atoms with van der Waals surface area (Å²) in [5.41, 5.74) is 4.15. The molecule has 0 fully saturated rings. The Morgan fingerprint density at radius 2 is 1.90 bits per heavy atom. The van der Waals surface area contributed by atoms with Gasteiger partial charge in [0.05, 0.1) is 6.04 Å². The predicted molar refractivity (Wildman–Crippen MR) is 89.7 cm³/mol. The summed E-state index contributed by atoms with van der Waals surface area (Å²) in [6, 6.07) is 17.1. The predicted octanol–water partition coefficient (Wildman–Crippen LogP) is 4.41. The van der Waals surface area contributed by atoms with Gasteiger partial charge in [-0.15, -0.1) is 11.3 Å². The van der Waals surface area contributed by atoms with Crippen LogP contribution in [-0.2, 0) is 6.42 Å². The summed E-state index contributed by atoms with van der Waals surface area (Å²) in [5.74, 6) is 5.75. The van der Waals surface area contributed by atoms with E-state index in [-0.39, 0.29) is 6.04 Å². The van der Waals surface area contributed by atoms with Gasteiger partial charge in [0, 0.05) is 15.8 Å². The highest BCUT2D eigenvalue weighted by molar-refractivity contribution is 9.10. The van der Waals surface area contributed by atoms with E-state index in [2.05, 4.69) is 75.3 Å². The Bertz CT molecular complexity index is 723. The molecule has 3 N–H and O–H groups in total. The third-order valence-electron chi connectivity index (χ3n) is 3.46. The first kappa shape index (κ1) is 13.8. The Morgan fingerprint density at radius 1 is 1.10 bits per heavy atom. The zero-order valence-electron chi connectivity index (χ0n) is 10.8. The monoisotopic (exact) mass is 346 g/mol. The van der Waals surface area contributed by atoms with E-state index in [1.807, 2.05) is 0 Å². The topological polar surface area (TPSA) is 38.0 Å². The second kappa shape index (κ2) is 6.06. The fraction of sp³-hybridized carbons (Fsp3) is 0.125. The molecule has 2 aromatic carbocycles. The largest absolute Gasteiger partial charge is 0.271 e. The molecule has 0 aliphatic heterocycles. The summed E-state index contributed by atoms with van der Waals surface area (Å²) in [5, 5.41) is 4.59. The van der Waals surface area contributed by atoms with Crippen molar-refractivity contribution >= 4 is 38.0 Å². The number of thiophene rings is 1. The lowest BCUT2D eigenvalue weighted by atomic mass is 10.00. The lowest BCUT2D eigenvalue weighted by molar-refractivity contribution is 0.555. The first-order chi connectivity index (χ1) is 9.78. The number of hydrogen-bond donors (Lipinski definition) is 2. The highest BCUT2D eigenvalue weighted by Crippen LogP contribution is 2.29. The Labute approximate surface area is 130 Å². The third-order valence-corrected chi connectivity index (χ3v) is 5.41. The fourth-order valence-corrected chi connectivity index (χ4v) is 3.91. The number of hydrazine groups is 1. The summed E-state index contributed by atoms with van der Waals surface area (Å²) in [7, 11) is 0. The van der Waals surface area contributed by atoms with Crippen LogP contribution in [-0.4, -0.2) is 0 Å². The Balaban J connectivity index is 1.92. The summed E-state index contributed by atoms with van der Waals surface area (Å²) in [6.45, 7) is 0. The SMILES string of the molecule is NNC(Cc1sccc1Br)c1ccc2ccccc2c1. The molecule has 0 spiro atoms. The van der Waals surface area contributed by atoms with Crippen LogP contribution >= 0.6 is 27.3 Å². The van der Waals surface area contributed by atoms with Gasteiger partial charge in [-0.1, -0.05) is 36.4 Å². The molecule has 3 aromatic rings. The van der Waals surface area contributed by atoms with Gasteiger partial charge in [-0.25, -0.2) is 0 Å². The van der Waals surface area contributed by atoms with E-state index in [9.17, 15) is 0 Å². The Hall–Kier alpha value is -1.20. The molecule has 0 radical (unpaired) electrons. The van der Waals surface area contributed by atoms with Crippen molar-refractivity contribution in [3.63, 3.8) is 0 Å². The van der Waals surface area contributed by atoms with Crippen LogP contribution in [0.25, 0.3) is 10.8 Å². The number of rotatable bonds is 4. The van der Waals surface area contributed by atoms with Crippen molar-refractivity contribution < 1.29 is 0 Å². The van der Waals surface area contributed by atoms with Crippen LogP contribution < -0.4 is 11.3 Å². The van der Waals surface area contributed by atoms with E-state index >= 15 is 0 Å². The zero-order valence-corrected chi connectivity index (χ0v) is 13.2. The maximum Gasteiger partial charge on any atom is 0.0508 e. The standard InChI is InChI=1S/C16H15BrN2S/c17-14-7-8-20-16(14)10-15(19-18)13-6-5-11-3-1-2-4-12(11)9-13/h1-9,15,19H,10,18H2. The Morgan fingerprint density at radius 3 is 2.60 bits per heavy atom. The molecular formula is C16H15BrN2S. The molecule has 1 atom stereocenters. The number of halogens is 1. The van der Waals surface area contributed by atoms with E-state index in [0.717, 1.165) is 10.9 Å². The number of nitrogens with two attached hydrogens (primary N) is 1. The lowest BCUT2D eigenvalue weighted by Gasteiger charge is -2.16. The van der Waals surface area contributed by atoms with Crippen LogP contribution in [0.2, 0.25) is 0 Å². The van der Waals surface area contributed by atoms with Crippen LogP contribution in [0.15, 0.2) is 58.4 Å². The zero-order chi connectivity index (χ0) is 13.9. The fourth-order valence-electron chi connectivity index (χ4n) is 2.35. The van der Waals surface area contributed by atoms with Crippen LogP contribution in [0, 0.1) is 0 Å². The normalized spacial score (nSPS) is 12.7. The van der Waals surface area contributed by atoms with Crippen LogP contribution in [0.4, 0.5) is 0 Å². The molecule has 0 saturated heterocycles. The molecule has 2 nitrogen and oxygen atoms in total. The molecule has 1 aromatic heterocycles. The maximum atomic E-state index is 5.75. The minimum absolute atomic E-state index is 0.120. The maximum absolute atomic E-state index is 5.75. The van der Waals surface area contributed by atoms with Crippen molar-refractivity contribution in [3.8, 4) is 0 Å². The molecule has 0 aliphatic carbocycles. The minimum Gasteiger partial charge on any atom is -0.271 e. The highest BCUT2D eigenvalue weighted by atomic mass is 79.9. The van der Waals surface area contributed by atoms with Crippen molar-refractivity contribution in [2.24, 2.45) is 5.84 Å². The van der Waals surface area contributed by atoms with Crippen molar-refractivity contribution in [1.29, 1.82) is 0 Å².